The number of hydrogen-bond acceptors (Lipinski definition) is 1. The molecule has 0 bridgehead atoms. The van der Waals surface area contributed by atoms with Crippen LogP contribution in [0.5, 0.6) is 0 Å². The normalized spacial score (nSPS) is 12.5. The van der Waals surface area contributed by atoms with Gasteiger partial charge in [-0.15, -0.1) is 0 Å². The van der Waals surface area contributed by atoms with E-state index in [4.69, 9.17) is 0 Å². The molecule has 0 aliphatic heterocycles. The molecule has 1 nitrogen and oxygen atoms in total. The minimum atomic E-state index is -0.676. The van der Waals surface area contributed by atoms with E-state index in [1.165, 1.54) is 13.0 Å². The van der Waals surface area contributed by atoms with Gasteiger partial charge in [0.25, 0.3) is 0 Å². The monoisotopic (exact) mass is 297 g/mol. The van der Waals surface area contributed by atoms with E-state index in [9.17, 15) is 17.6 Å². The predicted molar refractivity (Wildman–Crippen MR) is 72.7 cm³/mol. The van der Waals surface area contributed by atoms with Gasteiger partial charge in [0.15, 0.2) is 0 Å². The third-order valence-corrected chi connectivity index (χ3v) is 3.36. The van der Waals surface area contributed by atoms with Gasteiger partial charge < -0.3 is 5.32 Å². The van der Waals surface area contributed by atoms with Crippen molar-refractivity contribution in [1.29, 1.82) is 0 Å². The fraction of sp³-hybridized carbons (Fsp3) is 0.250. The lowest BCUT2D eigenvalue weighted by Crippen LogP contribution is -2.20. The number of benzene rings is 2. The molecule has 1 unspecified atom stereocenters. The molecule has 0 spiro atoms. The van der Waals surface area contributed by atoms with E-state index in [0.717, 1.165) is 24.3 Å². The van der Waals surface area contributed by atoms with Crippen LogP contribution in [0.1, 0.15) is 29.7 Å². The average Bonchev–Trinajstić information content (AvgIpc) is 2.41. The molecule has 0 saturated carbocycles. The van der Waals surface area contributed by atoms with Crippen LogP contribution in [-0.2, 0) is 6.54 Å². The molecule has 0 aromatic heterocycles. The Morgan fingerprint density at radius 3 is 2.33 bits per heavy atom. The van der Waals surface area contributed by atoms with Gasteiger partial charge >= 0.3 is 0 Å². The van der Waals surface area contributed by atoms with E-state index in [1.54, 1.807) is 6.92 Å². The summed E-state index contributed by atoms with van der Waals surface area (Å²) in [6.45, 7) is 3.21. The third kappa shape index (κ3) is 3.61. The van der Waals surface area contributed by atoms with Crippen molar-refractivity contribution < 1.29 is 17.6 Å². The van der Waals surface area contributed by atoms with Gasteiger partial charge in [0.05, 0.1) is 0 Å². The fourth-order valence-electron chi connectivity index (χ4n) is 2.03. The molecule has 0 saturated heterocycles. The maximum Gasteiger partial charge on any atom is 0.130 e. The molecule has 1 N–H and O–H groups in total. The van der Waals surface area contributed by atoms with Gasteiger partial charge in [0.1, 0.15) is 23.3 Å². The van der Waals surface area contributed by atoms with Crippen molar-refractivity contribution in [3.63, 3.8) is 0 Å². The van der Waals surface area contributed by atoms with Crippen molar-refractivity contribution >= 4 is 0 Å². The van der Waals surface area contributed by atoms with Crippen LogP contribution in [0.2, 0.25) is 0 Å². The molecule has 0 radical (unpaired) electrons. The third-order valence-electron chi connectivity index (χ3n) is 3.36. The quantitative estimate of drug-likeness (QED) is 0.825. The highest BCUT2D eigenvalue weighted by Crippen LogP contribution is 2.21. The first-order chi connectivity index (χ1) is 9.88. The van der Waals surface area contributed by atoms with Crippen molar-refractivity contribution in [1.82, 2.24) is 5.32 Å². The maximum absolute atomic E-state index is 13.8. The van der Waals surface area contributed by atoms with E-state index in [-0.39, 0.29) is 23.2 Å². The van der Waals surface area contributed by atoms with Crippen LogP contribution >= 0.6 is 0 Å². The first kappa shape index (κ1) is 15.5. The van der Waals surface area contributed by atoms with Gasteiger partial charge in [-0.1, -0.05) is 6.07 Å². The number of rotatable bonds is 4. The van der Waals surface area contributed by atoms with Gasteiger partial charge in [0, 0.05) is 29.8 Å². The number of nitrogens with one attached hydrogen (secondary N) is 1. The summed E-state index contributed by atoms with van der Waals surface area (Å²) in [6, 6.07) is 5.00. The van der Waals surface area contributed by atoms with Crippen molar-refractivity contribution in [3.8, 4) is 0 Å². The number of aryl methyl sites for hydroxylation is 1. The second-order valence-corrected chi connectivity index (χ2v) is 4.96. The summed E-state index contributed by atoms with van der Waals surface area (Å²) in [4.78, 5) is 0. The van der Waals surface area contributed by atoms with Crippen LogP contribution in [0.25, 0.3) is 0 Å². The molecule has 0 amide bonds. The SMILES string of the molecule is Cc1cc(F)c(C(C)NCc2ccc(F)cc2F)cc1F. The summed E-state index contributed by atoms with van der Waals surface area (Å²) < 4.78 is 53.6. The van der Waals surface area contributed by atoms with Crippen molar-refractivity contribution in [2.75, 3.05) is 0 Å². The van der Waals surface area contributed by atoms with Crippen molar-refractivity contribution in [3.05, 3.63) is 70.3 Å². The molecule has 0 aliphatic carbocycles. The first-order valence-electron chi connectivity index (χ1n) is 6.51. The second kappa shape index (κ2) is 6.26. The topological polar surface area (TPSA) is 12.0 Å². The Balaban J connectivity index is 2.11. The van der Waals surface area contributed by atoms with Gasteiger partial charge in [-0.3, -0.25) is 0 Å². The largest absolute Gasteiger partial charge is 0.306 e. The van der Waals surface area contributed by atoms with Gasteiger partial charge in [-0.05, 0) is 37.6 Å². The summed E-state index contributed by atoms with van der Waals surface area (Å²) in [6.07, 6.45) is 0. The van der Waals surface area contributed by atoms with E-state index in [2.05, 4.69) is 5.32 Å². The molecule has 2 aromatic rings. The van der Waals surface area contributed by atoms with Crippen molar-refractivity contribution in [2.45, 2.75) is 26.4 Å². The molecule has 0 fully saturated rings. The van der Waals surface area contributed by atoms with Gasteiger partial charge in [-0.2, -0.15) is 0 Å². The molecule has 21 heavy (non-hydrogen) atoms. The Morgan fingerprint density at radius 2 is 1.67 bits per heavy atom. The summed E-state index contributed by atoms with van der Waals surface area (Å²) >= 11 is 0. The van der Waals surface area contributed by atoms with Crippen LogP contribution in [-0.4, -0.2) is 0 Å². The zero-order chi connectivity index (χ0) is 15.6. The smallest absolute Gasteiger partial charge is 0.130 e. The van der Waals surface area contributed by atoms with Crippen LogP contribution in [0.15, 0.2) is 30.3 Å². The highest BCUT2D eigenvalue weighted by molar-refractivity contribution is 5.27. The van der Waals surface area contributed by atoms with Crippen LogP contribution in [0.3, 0.4) is 0 Å². The Morgan fingerprint density at radius 1 is 0.952 bits per heavy atom. The molecule has 0 aliphatic rings. The summed E-state index contributed by atoms with van der Waals surface area (Å²) in [5.74, 6) is -2.34. The molecule has 2 rings (SSSR count). The van der Waals surface area contributed by atoms with E-state index in [1.807, 2.05) is 0 Å². The van der Waals surface area contributed by atoms with Gasteiger partial charge in [0.2, 0.25) is 0 Å². The number of halogens is 4. The summed E-state index contributed by atoms with van der Waals surface area (Å²) in [5, 5.41) is 2.89. The summed E-state index contributed by atoms with van der Waals surface area (Å²) in [7, 11) is 0. The van der Waals surface area contributed by atoms with Crippen LogP contribution < -0.4 is 5.32 Å². The van der Waals surface area contributed by atoms with Crippen molar-refractivity contribution in [2.24, 2.45) is 0 Å². The first-order valence-corrected chi connectivity index (χ1v) is 6.51. The van der Waals surface area contributed by atoms with Crippen LogP contribution in [0, 0.1) is 30.2 Å². The molecular weight excluding hydrogens is 282 g/mol. The highest BCUT2D eigenvalue weighted by Gasteiger charge is 2.14. The molecule has 5 heteroatoms. The zero-order valence-electron chi connectivity index (χ0n) is 11.7. The van der Waals surface area contributed by atoms with Gasteiger partial charge in [-0.25, -0.2) is 17.6 Å². The molecule has 0 heterocycles. The Labute approximate surface area is 120 Å². The standard InChI is InChI=1S/C16H15F4N/c1-9-5-16(20)13(7-14(9)18)10(2)21-8-11-3-4-12(17)6-15(11)19/h3-7,10,21H,8H2,1-2H3. The zero-order valence-corrected chi connectivity index (χ0v) is 11.7. The Kier molecular flexibility index (Phi) is 4.63. The second-order valence-electron chi connectivity index (χ2n) is 4.96. The molecule has 2 aromatic carbocycles. The van der Waals surface area contributed by atoms with E-state index >= 15 is 0 Å². The van der Waals surface area contributed by atoms with Crippen LogP contribution in [0.4, 0.5) is 17.6 Å². The minimum absolute atomic E-state index is 0.0855. The lowest BCUT2D eigenvalue weighted by molar-refractivity contribution is 0.504. The predicted octanol–water partition coefficient (Wildman–Crippen LogP) is 4.40. The average molecular weight is 297 g/mol. The fourth-order valence-corrected chi connectivity index (χ4v) is 2.03. The lowest BCUT2D eigenvalue weighted by atomic mass is 10.0. The molecular formula is C16H15F4N. The Hall–Kier alpha value is -1.88. The summed E-state index contributed by atoms with van der Waals surface area (Å²) in [5.41, 5.74) is 0.657. The lowest BCUT2D eigenvalue weighted by Gasteiger charge is -2.16. The highest BCUT2D eigenvalue weighted by atomic mass is 19.1. The maximum atomic E-state index is 13.8. The Bertz CT molecular complexity index is 655. The van der Waals surface area contributed by atoms with E-state index in [0.29, 0.717) is 0 Å². The number of hydrogen-bond donors (Lipinski definition) is 1. The minimum Gasteiger partial charge on any atom is -0.306 e. The molecule has 112 valence electrons. The molecule has 1 atom stereocenters. The van der Waals surface area contributed by atoms with E-state index < -0.39 is 29.3 Å².